The van der Waals surface area contributed by atoms with Gasteiger partial charge in [0.25, 0.3) is 0 Å². The van der Waals surface area contributed by atoms with Gasteiger partial charge in [0, 0.05) is 25.0 Å². The van der Waals surface area contributed by atoms with Gasteiger partial charge in [-0.2, -0.15) is 0 Å². The number of aryl methyl sites for hydroxylation is 1. The van der Waals surface area contributed by atoms with Crippen molar-refractivity contribution in [1.82, 2.24) is 9.80 Å². The van der Waals surface area contributed by atoms with E-state index in [2.05, 4.69) is 54.2 Å². The van der Waals surface area contributed by atoms with Gasteiger partial charge in [-0.25, -0.2) is 0 Å². The molecule has 1 aliphatic rings. The van der Waals surface area contributed by atoms with Crippen molar-refractivity contribution in [2.45, 2.75) is 25.4 Å². The van der Waals surface area contributed by atoms with Crippen molar-refractivity contribution in [2.24, 2.45) is 0 Å². The molecule has 2 heterocycles. The molecule has 0 spiro atoms. The fourth-order valence-corrected chi connectivity index (χ4v) is 3.49. The quantitative estimate of drug-likeness (QED) is 0.848. The molecule has 4 heteroatoms. The van der Waals surface area contributed by atoms with E-state index < -0.39 is 0 Å². The molecule has 0 saturated carbocycles. The maximum atomic E-state index is 5.74. The molecule has 1 saturated heterocycles. The van der Waals surface area contributed by atoms with Crippen molar-refractivity contribution in [3.63, 3.8) is 0 Å². The van der Waals surface area contributed by atoms with E-state index in [0.717, 1.165) is 36.9 Å². The largest absolute Gasteiger partial charge is 0.497 e. The Kier molecular flexibility index (Phi) is 4.74. The second-order valence-corrected chi connectivity index (χ2v) is 6.62. The van der Waals surface area contributed by atoms with E-state index in [1.165, 1.54) is 5.56 Å². The van der Waals surface area contributed by atoms with Gasteiger partial charge in [0.1, 0.15) is 17.3 Å². The molecule has 2 aromatic rings. The van der Waals surface area contributed by atoms with Crippen LogP contribution >= 0.6 is 0 Å². The summed E-state index contributed by atoms with van der Waals surface area (Å²) >= 11 is 0. The standard InChI is InChI=1S/C19H26N2O2/c1-14-5-8-17(23-14)11-21-12-18(19(13-21)20(2)3)15-6-9-16(22-4)10-7-15/h5-10,18-19H,11-13H2,1-4H3/t18-,19+/m0/s1. The van der Waals surface area contributed by atoms with Crippen LogP contribution in [0.15, 0.2) is 40.8 Å². The third kappa shape index (κ3) is 3.59. The molecule has 1 aromatic heterocycles. The van der Waals surface area contributed by atoms with Gasteiger partial charge in [0.2, 0.25) is 0 Å². The second-order valence-electron chi connectivity index (χ2n) is 6.62. The van der Waals surface area contributed by atoms with E-state index in [-0.39, 0.29) is 0 Å². The Morgan fingerprint density at radius 3 is 2.43 bits per heavy atom. The zero-order chi connectivity index (χ0) is 16.4. The van der Waals surface area contributed by atoms with E-state index in [1.807, 2.05) is 13.0 Å². The first kappa shape index (κ1) is 16.1. The molecule has 124 valence electrons. The lowest BCUT2D eigenvalue weighted by Crippen LogP contribution is -2.34. The highest BCUT2D eigenvalue weighted by molar-refractivity contribution is 5.31. The van der Waals surface area contributed by atoms with Crippen molar-refractivity contribution in [1.29, 1.82) is 0 Å². The zero-order valence-electron chi connectivity index (χ0n) is 14.5. The third-order valence-electron chi connectivity index (χ3n) is 4.75. The smallest absolute Gasteiger partial charge is 0.118 e. The molecule has 0 N–H and O–H groups in total. The first-order valence-electron chi connectivity index (χ1n) is 8.15. The minimum atomic E-state index is 0.506. The second kappa shape index (κ2) is 6.77. The maximum Gasteiger partial charge on any atom is 0.118 e. The normalized spacial score (nSPS) is 22.0. The van der Waals surface area contributed by atoms with Crippen LogP contribution in [0.4, 0.5) is 0 Å². The number of hydrogen-bond donors (Lipinski definition) is 0. The van der Waals surface area contributed by atoms with E-state index in [1.54, 1.807) is 7.11 Å². The van der Waals surface area contributed by atoms with Gasteiger partial charge < -0.3 is 14.1 Å². The molecule has 23 heavy (non-hydrogen) atoms. The average molecular weight is 314 g/mol. The lowest BCUT2D eigenvalue weighted by molar-refractivity contribution is 0.248. The van der Waals surface area contributed by atoms with Crippen LogP contribution in [-0.2, 0) is 6.54 Å². The van der Waals surface area contributed by atoms with E-state index in [4.69, 9.17) is 9.15 Å². The Morgan fingerprint density at radius 2 is 1.87 bits per heavy atom. The monoisotopic (exact) mass is 314 g/mol. The highest BCUT2D eigenvalue weighted by atomic mass is 16.5. The van der Waals surface area contributed by atoms with Crippen molar-refractivity contribution in [3.05, 3.63) is 53.5 Å². The van der Waals surface area contributed by atoms with Crippen LogP contribution in [0.5, 0.6) is 5.75 Å². The van der Waals surface area contributed by atoms with Gasteiger partial charge in [-0.1, -0.05) is 12.1 Å². The Balaban J connectivity index is 1.75. The molecule has 1 fully saturated rings. The van der Waals surface area contributed by atoms with Crippen LogP contribution in [0.3, 0.4) is 0 Å². The Labute approximate surface area is 138 Å². The van der Waals surface area contributed by atoms with Crippen LogP contribution < -0.4 is 4.74 Å². The lowest BCUT2D eigenvalue weighted by Gasteiger charge is -2.25. The van der Waals surface area contributed by atoms with Gasteiger partial charge in [-0.15, -0.1) is 0 Å². The van der Waals surface area contributed by atoms with Gasteiger partial charge in [-0.3, -0.25) is 4.90 Å². The molecule has 0 unspecified atom stereocenters. The van der Waals surface area contributed by atoms with Crippen molar-refractivity contribution >= 4 is 0 Å². The number of rotatable bonds is 5. The van der Waals surface area contributed by atoms with Crippen LogP contribution in [-0.4, -0.2) is 50.1 Å². The lowest BCUT2D eigenvalue weighted by atomic mass is 9.93. The number of benzene rings is 1. The van der Waals surface area contributed by atoms with Gasteiger partial charge in [0.15, 0.2) is 0 Å². The number of methoxy groups -OCH3 is 1. The maximum absolute atomic E-state index is 5.74. The van der Waals surface area contributed by atoms with Crippen LogP contribution in [0.1, 0.15) is 23.0 Å². The molecule has 1 aliphatic heterocycles. The molecular weight excluding hydrogens is 288 g/mol. The van der Waals surface area contributed by atoms with Gasteiger partial charge >= 0.3 is 0 Å². The first-order chi connectivity index (χ1) is 11.1. The Bertz CT molecular complexity index is 633. The number of likely N-dealkylation sites (N-methyl/N-ethyl adjacent to an activating group) is 1. The zero-order valence-corrected chi connectivity index (χ0v) is 14.5. The predicted molar refractivity (Wildman–Crippen MR) is 91.9 cm³/mol. The summed E-state index contributed by atoms with van der Waals surface area (Å²) in [6, 6.07) is 13.1. The Morgan fingerprint density at radius 1 is 1.13 bits per heavy atom. The molecule has 2 atom stereocenters. The number of furan rings is 1. The fraction of sp³-hybridized carbons (Fsp3) is 0.474. The van der Waals surface area contributed by atoms with E-state index in [0.29, 0.717) is 12.0 Å². The van der Waals surface area contributed by atoms with Gasteiger partial charge in [-0.05, 0) is 50.8 Å². The summed E-state index contributed by atoms with van der Waals surface area (Å²) in [5.74, 6) is 3.45. The summed E-state index contributed by atoms with van der Waals surface area (Å²) in [5.41, 5.74) is 1.38. The van der Waals surface area contributed by atoms with Crippen LogP contribution in [0.2, 0.25) is 0 Å². The summed E-state index contributed by atoms with van der Waals surface area (Å²) in [5, 5.41) is 0. The number of ether oxygens (including phenoxy) is 1. The van der Waals surface area contributed by atoms with Crippen molar-refractivity contribution < 1.29 is 9.15 Å². The summed E-state index contributed by atoms with van der Waals surface area (Å²) in [7, 11) is 6.05. The molecule has 3 rings (SSSR count). The molecule has 4 nitrogen and oxygen atoms in total. The molecule has 0 amide bonds. The summed E-state index contributed by atoms with van der Waals surface area (Å²) in [4.78, 5) is 4.82. The first-order valence-corrected chi connectivity index (χ1v) is 8.15. The predicted octanol–water partition coefficient (Wildman–Crippen LogP) is 3.13. The summed E-state index contributed by atoms with van der Waals surface area (Å²) in [6.45, 7) is 4.99. The van der Waals surface area contributed by atoms with Crippen LogP contribution in [0, 0.1) is 6.92 Å². The SMILES string of the molecule is COc1ccc([C@@H]2CN(Cc3ccc(C)o3)C[C@H]2N(C)C)cc1. The number of likely N-dealkylation sites (tertiary alicyclic amines) is 1. The minimum absolute atomic E-state index is 0.506. The van der Waals surface area contributed by atoms with E-state index >= 15 is 0 Å². The topological polar surface area (TPSA) is 28.9 Å². The molecule has 0 radical (unpaired) electrons. The number of nitrogens with zero attached hydrogens (tertiary/aromatic N) is 2. The third-order valence-corrected chi connectivity index (χ3v) is 4.75. The summed E-state index contributed by atoms with van der Waals surface area (Å²) in [6.07, 6.45) is 0. The summed E-state index contributed by atoms with van der Waals surface area (Å²) < 4.78 is 11.0. The van der Waals surface area contributed by atoms with Crippen molar-refractivity contribution in [2.75, 3.05) is 34.3 Å². The van der Waals surface area contributed by atoms with E-state index in [9.17, 15) is 0 Å². The van der Waals surface area contributed by atoms with Crippen molar-refractivity contribution in [3.8, 4) is 5.75 Å². The Hall–Kier alpha value is -1.78. The fourth-order valence-electron chi connectivity index (χ4n) is 3.49. The minimum Gasteiger partial charge on any atom is -0.497 e. The molecule has 0 aliphatic carbocycles. The number of hydrogen-bond acceptors (Lipinski definition) is 4. The molecular formula is C19H26N2O2. The highest BCUT2D eigenvalue weighted by Gasteiger charge is 2.35. The van der Waals surface area contributed by atoms with Gasteiger partial charge in [0.05, 0.1) is 13.7 Å². The van der Waals surface area contributed by atoms with Crippen LogP contribution in [0.25, 0.3) is 0 Å². The molecule has 1 aromatic carbocycles. The highest BCUT2D eigenvalue weighted by Crippen LogP contribution is 2.32. The average Bonchev–Trinajstić information content (AvgIpc) is 3.14. The molecule has 0 bridgehead atoms.